The molecule has 0 radical (unpaired) electrons. The molecule has 1 aromatic carbocycles. The minimum atomic E-state index is -3.72. The number of hydrogen-bond acceptors (Lipinski definition) is 5. The number of hydrogen-bond donors (Lipinski definition) is 2. The van der Waals surface area contributed by atoms with Crippen LogP contribution >= 0.6 is 0 Å². The third kappa shape index (κ3) is 11.7. The summed E-state index contributed by atoms with van der Waals surface area (Å²) in [4.78, 5) is 23.9. The summed E-state index contributed by atoms with van der Waals surface area (Å²) in [5, 5.41) is 12.1. The monoisotopic (exact) mass is 510 g/mol. The second-order valence-electron chi connectivity index (χ2n) is 8.65. The van der Waals surface area contributed by atoms with Crippen LogP contribution in [0.1, 0.15) is 77.6 Å². The van der Waals surface area contributed by atoms with Gasteiger partial charge in [-0.1, -0.05) is 51.5 Å². The number of benzene rings is 1. The number of rotatable bonds is 20. The number of aliphatic carboxylic acids is 1. The standard InChI is InChI=1S/C26H42N2O6S/c1-4-6-7-8-9-10-11-15-25(29)27-24(26(30)31)14-12-13-21-28(20-5-2)35(32,33)23-18-16-22(34-3)17-19-23/h5,16-19,24H,2,4,6-15,20-21H2,1,3H3,(H,27,29)(H,30,31). The van der Waals surface area contributed by atoms with E-state index < -0.39 is 22.0 Å². The van der Waals surface area contributed by atoms with Crippen LogP contribution in [-0.4, -0.2) is 55.9 Å². The van der Waals surface area contributed by atoms with E-state index in [0.717, 1.165) is 19.3 Å². The molecule has 0 aliphatic heterocycles. The largest absolute Gasteiger partial charge is 0.497 e. The van der Waals surface area contributed by atoms with Gasteiger partial charge >= 0.3 is 5.97 Å². The van der Waals surface area contributed by atoms with Crippen molar-refractivity contribution in [3.8, 4) is 5.75 Å². The Hall–Kier alpha value is -2.39. The maximum Gasteiger partial charge on any atom is 0.326 e. The molecule has 0 fully saturated rings. The van der Waals surface area contributed by atoms with E-state index in [9.17, 15) is 23.1 Å². The van der Waals surface area contributed by atoms with Crippen LogP contribution in [0.2, 0.25) is 0 Å². The van der Waals surface area contributed by atoms with Crippen LogP contribution in [0.4, 0.5) is 0 Å². The number of methoxy groups -OCH3 is 1. The number of nitrogens with one attached hydrogen (secondary N) is 1. The van der Waals surface area contributed by atoms with E-state index in [4.69, 9.17) is 4.74 Å². The van der Waals surface area contributed by atoms with Gasteiger partial charge in [0.2, 0.25) is 15.9 Å². The van der Waals surface area contributed by atoms with Crippen molar-refractivity contribution in [2.75, 3.05) is 20.2 Å². The van der Waals surface area contributed by atoms with Gasteiger partial charge in [-0.25, -0.2) is 13.2 Å². The normalized spacial score (nSPS) is 12.3. The lowest BCUT2D eigenvalue weighted by molar-refractivity contribution is -0.142. The molecule has 0 spiro atoms. The van der Waals surface area contributed by atoms with Crippen molar-refractivity contribution in [3.05, 3.63) is 36.9 Å². The van der Waals surface area contributed by atoms with Gasteiger partial charge in [0.15, 0.2) is 0 Å². The topological polar surface area (TPSA) is 113 Å². The second kappa shape index (κ2) is 17.1. The van der Waals surface area contributed by atoms with Crippen LogP contribution in [0.5, 0.6) is 5.75 Å². The fraction of sp³-hybridized carbons (Fsp3) is 0.615. The van der Waals surface area contributed by atoms with Crippen LogP contribution in [0.3, 0.4) is 0 Å². The first-order valence-electron chi connectivity index (χ1n) is 12.5. The van der Waals surface area contributed by atoms with Gasteiger partial charge in [-0.05, 0) is 49.9 Å². The molecule has 9 heteroatoms. The van der Waals surface area contributed by atoms with Crippen molar-refractivity contribution >= 4 is 21.9 Å². The number of ether oxygens (including phenoxy) is 1. The SMILES string of the molecule is C=CCN(CCCCC(NC(=O)CCCCCCCCC)C(=O)O)S(=O)(=O)c1ccc(OC)cc1. The highest BCUT2D eigenvalue weighted by molar-refractivity contribution is 7.89. The average molecular weight is 511 g/mol. The van der Waals surface area contributed by atoms with Crippen molar-refractivity contribution in [3.63, 3.8) is 0 Å². The van der Waals surface area contributed by atoms with Crippen molar-refractivity contribution in [1.29, 1.82) is 0 Å². The summed E-state index contributed by atoms with van der Waals surface area (Å²) >= 11 is 0. The second-order valence-corrected chi connectivity index (χ2v) is 10.6. The third-order valence-corrected chi connectivity index (χ3v) is 7.70. The van der Waals surface area contributed by atoms with Crippen molar-refractivity contribution in [2.45, 2.75) is 88.5 Å². The number of unbranched alkanes of at least 4 members (excludes halogenated alkanes) is 7. The van der Waals surface area contributed by atoms with Gasteiger partial charge in [-0.2, -0.15) is 4.31 Å². The average Bonchev–Trinajstić information content (AvgIpc) is 2.84. The predicted molar refractivity (Wildman–Crippen MR) is 138 cm³/mol. The lowest BCUT2D eigenvalue weighted by Gasteiger charge is -2.21. The molecule has 0 aromatic heterocycles. The lowest BCUT2D eigenvalue weighted by Crippen LogP contribution is -2.40. The van der Waals surface area contributed by atoms with Crippen molar-refractivity contribution < 1.29 is 27.9 Å². The van der Waals surface area contributed by atoms with Crippen LogP contribution in [0.15, 0.2) is 41.8 Å². The lowest BCUT2D eigenvalue weighted by atomic mass is 10.1. The highest BCUT2D eigenvalue weighted by atomic mass is 32.2. The summed E-state index contributed by atoms with van der Waals surface area (Å²) in [6, 6.07) is 5.19. The molecule has 2 N–H and O–H groups in total. The van der Waals surface area contributed by atoms with Crippen LogP contribution in [0, 0.1) is 0 Å². The molecule has 0 bridgehead atoms. The summed E-state index contributed by atoms with van der Waals surface area (Å²) in [5.41, 5.74) is 0. The summed E-state index contributed by atoms with van der Waals surface area (Å²) in [6.45, 7) is 6.18. The number of amides is 1. The molecule has 0 aliphatic carbocycles. The number of carboxylic acids is 1. The van der Waals surface area contributed by atoms with Crippen LogP contribution in [-0.2, 0) is 19.6 Å². The number of carbonyl (C=O) groups is 2. The van der Waals surface area contributed by atoms with Gasteiger partial charge < -0.3 is 15.2 Å². The van der Waals surface area contributed by atoms with Crippen LogP contribution < -0.4 is 10.1 Å². The Morgan fingerprint density at radius 2 is 1.69 bits per heavy atom. The molecule has 0 saturated heterocycles. The van der Waals surface area contributed by atoms with Gasteiger partial charge in [0.25, 0.3) is 0 Å². The van der Waals surface area contributed by atoms with Crippen LogP contribution in [0.25, 0.3) is 0 Å². The van der Waals surface area contributed by atoms with Gasteiger partial charge in [0.05, 0.1) is 12.0 Å². The van der Waals surface area contributed by atoms with E-state index in [1.807, 2.05) is 0 Å². The summed E-state index contributed by atoms with van der Waals surface area (Å²) in [6.07, 6.45) is 10.6. The predicted octanol–water partition coefficient (Wildman–Crippen LogP) is 4.75. The Kier molecular flexibility index (Phi) is 15.0. The fourth-order valence-electron chi connectivity index (χ4n) is 3.75. The molecule has 0 saturated carbocycles. The van der Waals surface area contributed by atoms with E-state index in [0.29, 0.717) is 25.0 Å². The Morgan fingerprint density at radius 3 is 2.26 bits per heavy atom. The minimum Gasteiger partial charge on any atom is -0.497 e. The molecule has 0 heterocycles. The highest BCUT2D eigenvalue weighted by Crippen LogP contribution is 2.20. The molecule has 0 aliphatic rings. The smallest absolute Gasteiger partial charge is 0.326 e. The molecule has 35 heavy (non-hydrogen) atoms. The van der Waals surface area contributed by atoms with E-state index in [-0.39, 0.29) is 30.3 Å². The molecule has 8 nitrogen and oxygen atoms in total. The maximum atomic E-state index is 13.0. The third-order valence-electron chi connectivity index (χ3n) is 5.82. The number of carboxylic acid groups (broad SMARTS) is 1. The van der Waals surface area contributed by atoms with Gasteiger partial charge in [0.1, 0.15) is 11.8 Å². The van der Waals surface area contributed by atoms with Gasteiger partial charge in [-0.3, -0.25) is 4.79 Å². The Balaban J connectivity index is 2.49. The first-order valence-corrected chi connectivity index (χ1v) is 14.0. The summed E-state index contributed by atoms with van der Waals surface area (Å²) < 4.78 is 32.4. The first kappa shape index (κ1) is 30.6. The van der Waals surface area contributed by atoms with Crippen molar-refractivity contribution in [1.82, 2.24) is 9.62 Å². The molecular formula is C26H42N2O6S. The molecule has 198 valence electrons. The zero-order valence-corrected chi connectivity index (χ0v) is 22.0. The first-order chi connectivity index (χ1) is 16.8. The molecular weight excluding hydrogens is 468 g/mol. The molecule has 1 aromatic rings. The summed E-state index contributed by atoms with van der Waals surface area (Å²) in [7, 11) is -2.21. The van der Waals surface area contributed by atoms with Crippen molar-refractivity contribution in [2.24, 2.45) is 0 Å². The van der Waals surface area contributed by atoms with E-state index in [1.165, 1.54) is 55.3 Å². The Labute approximate surface area is 210 Å². The molecule has 1 unspecified atom stereocenters. The minimum absolute atomic E-state index is 0.145. The van der Waals surface area contributed by atoms with Gasteiger partial charge in [-0.15, -0.1) is 6.58 Å². The summed E-state index contributed by atoms with van der Waals surface area (Å²) in [5.74, 6) is -0.763. The Morgan fingerprint density at radius 1 is 1.06 bits per heavy atom. The zero-order chi connectivity index (χ0) is 26.1. The van der Waals surface area contributed by atoms with Gasteiger partial charge in [0, 0.05) is 19.5 Å². The number of carbonyl (C=O) groups excluding carboxylic acids is 1. The van der Waals surface area contributed by atoms with E-state index in [2.05, 4.69) is 18.8 Å². The number of sulfonamides is 1. The molecule has 1 atom stereocenters. The molecule has 1 amide bonds. The quantitative estimate of drug-likeness (QED) is 0.193. The number of nitrogens with zero attached hydrogens (tertiary/aromatic N) is 1. The zero-order valence-electron chi connectivity index (χ0n) is 21.2. The van der Waals surface area contributed by atoms with E-state index in [1.54, 1.807) is 12.1 Å². The van der Waals surface area contributed by atoms with E-state index >= 15 is 0 Å². The fourth-order valence-corrected chi connectivity index (χ4v) is 5.20. The molecule has 1 rings (SSSR count). The maximum absolute atomic E-state index is 13.0. The Bertz CT molecular complexity index is 870. The highest BCUT2D eigenvalue weighted by Gasteiger charge is 2.24.